The summed E-state index contributed by atoms with van der Waals surface area (Å²) < 4.78 is 14.2. The standard InChI is InChI=1S/C27H21BrClNO3/c1-32-26-12-5-19(16-21(26)18-33-27-13-8-22(29)17-24(27)28)4-11-25(31)20-6-9-23(10-7-20)30-14-2-3-15-30/h2-17H,18H2,1H3/b11-4+. The van der Waals surface area contributed by atoms with Crippen molar-refractivity contribution in [2.45, 2.75) is 6.61 Å². The van der Waals surface area contributed by atoms with Crippen LogP contribution in [0.4, 0.5) is 0 Å². The fraction of sp³-hybridized carbons (Fsp3) is 0.0741. The van der Waals surface area contributed by atoms with Gasteiger partial charge in [-0.3, -0.25) is 4.79 Å². The lowest BCUT2D eigenvalue weighted by molar-refractivity contribution is 0.104. The molecule has 166 valence electrons. The summed E-state index contributed by atoms with van der Waals surface area (Å²) in [6, 6.07) is 22.5. The van der Waals surface area contributed by atoms with Gasteiger partial charge in [-0.05, 0) is 94.3 Å². The molecular formula is C27H21BrClNO3. The fourth-order valence-electron chi connectivity index (χ4n) is 3.34. The fourth-order valence-corrected chi connectivity index (χ4v) is 4.13. The third-order valence-corrected chi connectivity index (χ3v) is 5.92. The third-order valence-electron chi connectivity index (χ3n) is 5.06. The number of hydrogen-bond acceptors (Lipinski definition) is 3. The number of methoxy groups -OCH3 is 1. The van der Waals surface area contributed by atoms with Crippen molar-refractivity contribution in [1.29, 1.82) is 0 Å². The van der Waals surface area contributed by atoms with E-state index in [0.717, 1.165) is 21.3 Å². The highest BCUT2D eigenvalue weighted by Gasteiger charge is 2.08. The number of rotatable bonds is 8. The molecule has 0 atom stereocenters. The molecule has 0 aliphatic carbocycles. The number of benzene rings is 3. The second-order valence-electron chi connectivity index (χ2n) is 7.27. The number of allylic oxidation sites excluding steroid dienone is 1. The smallest absolute Gasteiger partial charge is 0.185 e. The minimum Gasteiger partial charge on any atom is -0.496 e. The van der Waals surface area contributed by atoms with Gasteiger partial charge in [-0.25, -0.2) is 0 Å². The summed E-state index contributed by atoms with van der Waals surface area (Å²) in [4.78, 5) is 12.6. The van der Waals surface area contributed by atoms with Crippen molar-refractivity contribution in [3.05, 3.63) is 117 Å². The molecule has 0 saturated heterocycles. The van der Waals surface area contributed by atoms with E-state index in [1.165, 1.54) is 0 Å². The lowest BCUT2D eigenvalue weighted by atomic mass is 10.1. The van der Waals surface area contributed by atoms with Gasteiger partial charge in [-0.2, -0.15) is 0 Å². The van der Waals surface area contributed by atoms with Crippen LogP contribution >= 0.6 is 27.5 Å². The number of carbonyl (C=O) groups excluding carboxylic acids is 1. The van der Waals surface area contributed by atoms with Crippen LogP contribution in [0.15, 0.2) is 95.7 Å². The Labute approximate surface area is 206 Å². The Bertz CT molecular complexity index is 1280. The van der Waals surface area contributed by atoms with Gasteiger partial charge in [0.1, 0.15) is 18.1 Å². The molecule has 0 aliphatic rings. The molecule has 0 aliphatic heterocycles. The summed E-state index contributed by atoms with van der Waals surface area (Å²) in [5.41, 5.74) is 3.38. The highest BCUT2D eigenvalue weighted by Crippen LogP contribution is 2.30. The van der Waals surface area contributed by atoms with Crippen LogP contribution in [0.1, 0.15) is 21.5 Å². The summed E-state index contributed by atoms with van der Waals surface area (Å²) in [6.45, 7) is 0.305. The van der Waals surface area contributed by atoms with Gasteiger partial charge < -0.3 is 14.0 Å². The molecular weight excluding hydrogens is 502 g/mol. The SMILES string of the molecule is COc1ccc(/C=C/C(=O)c2ccc(-n3cccc3)cc2)cc1COc1ccc(Cl)cc1Br. The molecule has 0 saturated carbocycles. The normalized spacial score (nSPS) is 11.0. The van der Waals surface area contributed by atoms with Gasteiger partial charge in [-0.15, -0.1) is 0 Å². The predicted molar refractivity (Wildman–Crippen MR) is 136 cm³/mol. The van der Waals surface area contributed by atoms with Gasteiger partial charge >= 0.3 is 0 Å². The zero-order valence-corrected chi connectivity index (χ0v) is 20.2. The summed E-state index contributed by atoms with van der Waals surface area (Å²) in [7, 11) is 1.62. The first-order chi connectivity index (χ1) is 16.0. The van der Waals surface area contributed by atoms with Crippen molar-refractivity contribution in [2.24, 2.45) is 0 Å². The largest absolute Gasteiger partial charge is 0.496 e. The molecule has 0 radical (unpaired) electrons. The minimum absolute atomic E-state index is 0.0623. The number of hydrogen-bond donors (Lipinski definition) is 0. The molecule has 4 aromatic rings. The lowest BCUT2D eigenvalue weighted by Crippen LogP contribution is -2.00. The third kappa shape index (κ3) is 5.75. The molecule has 4 nitrogen and oxygen atoms in total. The van der Waals surface area contributed by atoms with Crippen LogP contribution in [0, 0.1) is 0 Å². The van der Waals surface area contributed by atoms with E-state index in [1.807, 2.05) is 77.6 Å². The van der Waals surface area contributed by atoms with Crippen molar-refractivity contribution < 1.29 is 14.3 Å². The van der Waals surface area contributed by atoms with Crippen LogP contribution < -0.4 is 9.47 Å². The van der Waals surface area contributed by atoms with Gasteiger partial charge in [0.15, 0.2) is 5.78 Å². The quantitative estimate of drug-likeness (QED) is 0.179. The first-order valence-electron chi connectivity index (χ1n) is 10.2. The van der Waals surface area contributed by atoms with Gasteiger partial charge in [-0.1, -0.05) is 23.7 Å². The topological polar surface area (TPSA) is 40.5 Å². The first-order valence-corrected chi connectivity index (χ1v) is 11.4. The Balaban J connectivity index is 1.46. The van der Waals surface area contributed by atoms with E-state index >= 15 is 0 Å². The van der Waals surface area contributed by atoms with E-state index in [2.05, 4.69) is 15.9 Å². The number of ketones is 1. The molecule has 6 heteroatoms. The van der Waals surface area contributed by atoms with E-state index in [-0.39, 0.29) is 5.78 Å². The van der Waals surface area contributed by atoms with Crippen molar-refractivity contribution in [2.75, 3.05) is 7.11 Å². The zero-order chi connectivity index (χ0) is 23.2. The monoisotopic (exact) mass is 521 g/mol. The summed E-state index contributed by atoms with van der Waals surface area (Å²) in [6.07, 6.45) is 7.30. The van der Waals surface area contributed by atoms with Crippen LogP contribution in [0.3, 0.4) is 0 Å². The zero-order valence-electron chi connectivity index (χ0n) is 17.9. The highest BCUT2D eigenvalue weighted by atomic mass is 79.9. The molecule has 1 aromatic heterocycles. The Kier molecular flexibility index (Phi) is 7.33. The average Bonchev–Trinajstić information content (AvgIpc) is 3.37. The number of carbonyl (C=O) groups is 1. The second-order valence-corrected chi connectivity index (χ2v) is 8.56. The molecule has 3 aromatic carbocycles. The molecule has 4 rings (SSSR count). The number of halogens is 2. The summed E-state index contributed by atoms with van der Waals surface area (Å²) >= 11 is 9.45. The molecule has 0 amide bonds. The Morgan fingerprint density at radius 3 is 2.42 bits per heavy atom. The maximum absolute atomic E-state index is 12.6. The van der Waals surface area contributed by atoms with Crippen molar-refractivity contribution in [3.63, 3.8) is 0 Å². The van der Waals surface area contributed by atoms with Crippen LogP contribution in [0.5, 0.6) is 11.5 Å². The molecule has 0 fully saturated rings. The minimum atomic E-state index is -0.0623. The molecule has 0 N–H and O–H groups in total. The van der Waals surface area contributed by atoms with Crippen molar-refractivity contribution >= 4 is 39.4 Å². The number of aromatic nitrogens is 1. The summed E-state index contributed by atoms with van der Waals surface area (Å²) in [5.74, 6) is 1.33. The number of nitrogens with zero attached hydrogens (tertiary/aromatic N) is 1. The number of ether oxygens (including phenoxy) is 2. The first kappa shape index (κ1) is 22.9. The van der Waals surface area contributed by atoms with Gasteiger partial charge in [0.25, 0.3) is 0 Å². The van der Waals surface area contributed by atoms with E-state index in [1.54, 1.807) is 31.4 Å². The van der Waals surface area contributed by atoms with Crippen LogP contribution in [0.25, 0.3) is 11.8 Å². The molecule has 0 bridgehead atoms. The lowest BCUT2D eigenvalue weighted by Gasteiger charge is -2.12. The molecule has 0 unspecified atom stereocenters. The van der Waals surface area contributed by atoms with Gasteiger partial charge in [0.05, 0.1) is 11.6 Å². The Morgan fingerprint density at radius 1 is 1.00 bits per heavy atom. The molecule has 0 spiro atoms. The maximum atomic E-state index is 12.6. The van der Waals surface area contributed by atoms with Gasteiger partial charge in [0, 0.05) is 34.2 Å². The molecule has 1 heterocycles. The average molecular weight is 523 g/mol. The second kappa shape index (κ2) is 10.6. The van der Waals surface area contributed by atoms with Crippen molar-refractivity contribution in [1.82, 2.24) is 4.57 Å². The Morgan fingerprint density at radius 2 is 1.73 bits per heavy atom. The maximum Gasteiger partial charge on any atom is 0.185 e. The van der Waals surface area contributed by atoms with Crippen LogP contribution in [0.2, 0.25) is 5.02 Å². The van der Waals surface area contributed by atoms with Crippen LogP contribution in [-0.2, 0) is 6.61 Å². The van der Waals surface area contributed by atoms with E-state index < -0.39 is 0 Å². The Hall–Kier alpha value is -3.28. The highest BCUT2D eigenvalue weighted by molar-refractivity contribution is 9.10. The van der Waals surface area contributed by atoms with E-state index in [0.29, 0.717) is 28.7 Å². The molecule has 33 heavy (non-hydrogen) atoms. The van der Waals surface area contributed by atoms with E-state index in [4.69, 9.17) is 21.1 Å². The predicted octanol–water partition coefficient (Wildman–Crippen LogP) is 7.38. The van der Waals surface area contributed by atoms with Gasteiger partial charge in [0.2, 0.25) is 0 Å². The van der Waals surface area contributed by atoms with Crippen LogP contribution in [-0.4, -0.2) is 17.5 Å². The summed E-state index contributed by atoms with van der Waals surface area (Å²) in [5, 5.41) is 0.628. The van der Waals surface area contributed by atoms with E-state index in [9.17, 15) is 4.79 Å². The van der Waals surface area contributed by atoms with Crippen molar-refractivity contribution in [3.8, 4) is 17.2 Å².